The third-order valence-electron chi connectivity index (χ3n) is 4.16. The van der Waals surface area contributed by atoms with E-state index in [1.165, 1.54) is 11.6 Å². The van der Waals surface area contributed by atoms with Gasteiger partial charge in [0.05, 0.1) is 12.3 Å². The first kappa shape index (κ1) is 22.5. The Kier molecular flexibility index (Phi) is 8.43. The molecular weight excluding hydrogens is 482 g/mol. The second-order valence-corrected chi connectivity index (χ2v) is 8.70. The topological polar surface area (TPSA) is 38.3 Å². The Balaban J connectivity index is 1.85. The molecule has 3 aromatic rings. The third kappa shape index (κ3) is 6.66. The Labute approximate surface area is 194 Å². The molecule has 0 aliphatic heterocycles. The van der Waals surface area contributed by atoms with Gasteiger partial charge in [-0.3, -0.25) is 0 Å². The van der Waals surface area contributed by atoms with Crippen LogP contribution in [0.2, 0.25) is 5.02 Å². The molecule has 3 rings (SSSR count). The number of carbonyl (C=O) groups excluding carboxylic acids is 1. The third-order valence-corrected chi connectivity index (χ3v) is 6.11. The van der Waals surface area contributed by atoms with Gasteiger partial charge in [-0.15, -0.1) is 11.8 Å². The average Bonchev–Trinajstić information content (AvgIpc) is 2.74. The minimum Gasteiger partial charge on any atom is -0.463 e. The molecule has 0 spiro atoms. The Morgan fingerprint density at radius 1 is 1.10 bits per heavy atom. The first-order valence-corrected chi connectivity index (χ1v) is 11.6. The van der Waals surface area contributed by atoms with Crippen LogP contribution in [-0.4, -0.2) is 12.6 Å². The summed E-state index contributed by atoms with van der Waals surface area (Å²) in [6.45, 7) is 2.14. The van der Waals surface area contributed by atoms with Gasteiger partial charge in [0.25, 0.3) is 0 Å². The van der Waals surface area contributed by atoms with Crippen molar-refractivity contribution in [2.75, 3.05) is 11.9 Å². The molecule has 3 nitrogen and oxygen atoms in total. The predicted octanol–water partition coefficient (Wildman–Crippen LogP) is 7.71. The largest absolute Gasteiger partial charge is 0.463 e. The maximum absolute atomic E-state index is 11.8. The molecular formula is C24H21BrClNO2S. The second-order valence-electron chi connectivity index (χ2n) is 6.36. The van der Waals surface area contributed by atoms with Gasteiger partial charge in [-0.25, -0.2) is 4.79 Å². The number of nitrogens with one attached hydrogen (secondary N) is 1. The minimum absolute atomic E-state index is 0.346. The molecule has 30 heavy (non-hydrogen) atoms. The molecule has 0 heterocycles. The normalized spacial score (nSPS) is 10.9. The van der Waals surface area contributed by atoms with Gasteiger partial charge in [0.2, 0.25) is 0 Å². The Morgan fingerprint density at radius 3 is 2.60 bits per heavy atom. The van der Waals surface area contributed by atoms with Crippen LogP contribution < -0.4 is 5.32 Å². The van der Waals surface area contributed by atoms with Gasteiger partial charge in [0.1, 0.15) is 0 Å². The number of esters is 1. The summed E-state index contributed by atoms with van der Waals surface area (Å²) in [5, 5.41) is 4.06. The number of benzene rings is 3. The molecule has 6 heteroatoms. The number of carbonyl (C=O) groups is 1. The fourth-order valence-electron chi connectivity index (χ4n) is 2.71. The van der Waals surface area contributed by atoms with Crippen LogP contribution in [0.15, 0.2) is 82.2 Å². The zero-order valence-electron chi connectivity index (χ0n) is 16.4. The number of hydrogen-bond acceptors (Lipinski definition) is 4. The smallest absolute Gasteiger partial charge is 0.330 e. The molecule has 0 aliphatic rings. The van der Waals surface area contributed by atoms with Gasteiger partial charge >= 0.3 is 5.97 Å². The lowest BCUT2D eigenvalue weighted by Crippen LogP contribution is -1.99. The first-order valence-electron chi connectivity index (χ1n) is 9.43. The summed E-state index contributed by atoms with van der Waals surface area (Å²) in [5.74, 6) is 0.510. The summed E-state index contributed by atoms with van der Waals surface area (Å²) in [5.41, 5.74) is 3.92. The van der Waals surface area contributed by atoms with Crippen molar-refractivity contribution in [1.29, 1.82) is 0 Å². The van der Waals surface area contributed by atoms with Crippen LogP contribution in [0.3, 0.4) is 0 Å². The van der Waals surface area contributed by atoms with E-state index in [9.17, 15) is 4.79 Å². The molecule has 0 saturated carbocycles. The Morgan fingerprint density at radius 2 is 1.87 bits per heavy atom. The lowest BCUT2D eigenvalue weighted by atomic mass is 10.1. The maximum Gasteiger partial charge on any atom is 0.330 e. The van der Waals surface area contributed by atoms with E-state index in [1.54, 1.807) is 24.8 Å². The van der Waals surface area contributed by atoms with Crippen LogP contribution >= 0.6 is 39.3 Å². The van der Waals surface area contributed by atoms with Crippen molar-refractivity contribution in [3.05, 3.63) is 93.4 Å². The van der Waals surface area contributed by atoms with E-state index in [4.69, 9.17) is 16.3 Å². The number of rotatable bonds is 8. The van der Waals surface area contributed by atoms with Crippen LogP contribution in [0.25, 0.3) is 6.08 Å². The van der Waals surface area contributed by atoms with Crippen LogP contribution in [0, 0.1) is 0 Å². The fraction of sp³-hybridized carbons (Fsp3) is 0.125. The lowest BCUT2D eigenvalue weighted by molar-refractivity contribution is -0.137. The summed E-state index contributed by atoms with van der Waals surface area (Å²) in [4.78, 5) is 12.9. The van der Waals surface area contributed by atoms with Crippen LogP contribution in [0.1, 0.15) is 18.1 Å². The van der Waals surface area contributed by atoms with E-state index in [-0.39, 0.29) is 5.97 Å². The molecule has 3 aromatic carbocycles. The van der Waals surface area contributed by atoms with Crippen molar-refractivity contribution >= 4 is 62.7 Å². The van der Waals surface area contributed by atoms with Gasteiger partial charge in [-0.2, -0.15) is 0 Å². The molecule has 0 bridgehead atoms. The summed E-state index contributed by atoms with van der Waals surface area (Å²) >= 11 is 11.3. The molecule has 154 valence electrons. The highest BCUT2D eigenvalue weighted by Gasteiger charge is 2.07. The fourth-order valence-corrected chi connectivity index (χ4v) is 4.39. The molecule has 1 N–H and O–H groups in total. The summed E-state index contributed by atoms with van der Waals surface area (Å²) < 4.78 is 5.88. The molecule has 0 aromatic heterocycles. The molecule has 0 amide bonds. The van der Waals surface area contributed by atoms with Crippen LogP contribution in [0.4, 0.5) is 11.4 Å². The highest BCUT2D eigenvalue weighted by atomic mass is 79.9. The number of ether oxygens (including phenoxy) is 1. The summed E-state index contributed by atoms with van der Waals surface area (Å²) in [6.07, 6.45) is 3.23. The van der Waals surface area contributed by atoms with Crippen molar-refractivity contribution in [3.8, 4) is 0 Å². The van der Waals surface area contributed by atoms with E-state index < -0.39 is 0 Å². The SMILES string of the molecule is CCOC(=O)C=Cc1cc(SCc2ccccc2)ccc1Nc1ccc(Cl)cc1Br. The molecule has 0 fully saturated rings. The minimum atomic E-state index is -0.363. The number of hydrogen-bond donors (Lipinski definition) is 1. The van der Waals surface area contributed by atoms with Crippen LogP contribution in [0.5, 0.6) is 0 Å². The van der Waals surface area contributed by atoms with E-state index >= 15 is 0 Å². The molecule has 0 radical (unpaired) electrons. The standard InChI is InChI=1S/C24H21BrClNO2S/c1-2-29-24(28)13-8-18-14-20(30-16-17-6-4-3-5-7-17)10-12-22(18)27-23-11-9-19(26)15-21(23)25/h3-15,27H,2,16H2,1H3. The van der Waals surface area contributed by atoms with Crippen molar-refractivity contribution in [3.63, 3.8) is 0 Å². The highest BCUT2D eigenvalue weighted by Crippen LogP contribution is 2.33. The van der Waals surface area contributed by atoms with Gasteiger partial charge in [0, 0.05) is 31.9 Å². The lowest BCUT2D eigenvalue weighted by Gasteiger charge is -2.13. The van der Waals surface area contributed by atoms with E-state index in [0.29, 0.717) is 11.6 Å². The van der Waals surface area contributed by atoms with Gasteiger partial charge in [-0.05, 0) is 76.5 Å². The van der Waals surface area contributed by atoms with Crippen molar-refractivity contribution in [1.82, 2.24) is 0 Å². The van der Waals surface area contributed by atoms with Gasteiger partial charge in [0.15, 0.2) is 0 Å². The van der Waals surface area contributed by atoms with Crippen molar-refractivity contribution in [2.24, 2.45) is 0 Å². The quantitative estimate of drug-likeness (QED) is 0.194. The molecule has 0 aliphatic carbocycles. The van der Waals surface area contributed by atoms with Gasteiger partial charge in [-0.1, -0.05) is 41.9 Å². The zero-order chi connectivity index (χ0) is 21.3. The van der Waals surface area contributed by atoms with Crippen LogP contribution in [-0.2, 0) is 15.3 Å². The summed E-state index contributed by atoms with van der Waals surface area (Å²) in [6, 6.07) is 22.0. The summed E-state index contributed by atoms with van der Waals surface area (Å²) in [7, 11) is 0. The molecule has 0 saturated heterocycles. The van der Waals surface area contributed by atoms with Crippen molar-refractivity contribution in [2.45, 2.75) is 17.6 Å². The Hall–Kier alpha value is -2.21. The van der Waals surface area contributed by atoms with E-state index in [2.05, 4.69) is 45.5 Å². The predicted molar refractivity (Wildman–Crippen MR) is 131 cm³/mol. The number of thioether (sulfide) groups is 1. The van der Waals surface area contributed by atoms with E-state index in [0.717, 1.165) is 32.1 Å². The monoisotopic (exact) mass is 501 g/mol. The Bertz CT molecular complexity index is 1040. The highest BCUT2D eigenvalue weighted by molar-refractivity contribution is 9.10. The zero-order valence-corrected chi connectivity index (χ0v) is 19.6. The average molecular weight is 503 g/mol. The second kappa shape index (κ2) is 11.3. The maximum atomic E-state index is 11.8. The number of halogens is 2. The van der Waals surface area contributed by atoms with Crippen molar-refractivity contribution < 1.29 is 9.53 Å². The molecule has 0 atom stereocenters. The molecule has 0 unspecified atom stereocenters. The first-order chi connectivity index (χ1) is 14.5. The van der Waals surface area contributed by atoms with E-state index in [1.807, 2.05) is 42.5 Å². The number of anilines is 2. The van der Waals surface area contributed by atoms with Gasteiger partial charge < -0.3 is 10.1 Å².